The largest absolute Gasteiger partial charge is 0.492 e. The van der Waals surface area contributed by atoms with E-state index in [0.29, 0.717) is 17.7 Å². The summed E-state index contributed by atoms with van der Waals surface area (Å²) in [6.45, 7) is 0. The van der Waals surface area contributed by atoms with Crippen molar-refractivity contribution >= 4 is 11.6 Å². The molecular weight excluding hydrogens is 247 g/mol. The number of halogens is 2. The summed E-state index contributed by atoms with van der Waals surface area (Å²) in [5, 5.41) is 9.87. The molecule has 0 amide bonds. The van der Waals surface area contributed by atoms with E-state index in [-0.39, 0.29) is 10.8 Å². The van der Waals surface area contributed by atoms with Gasteiger partial charge in [0.05, 0.1) is 24.8 Å². The normalized spacial score (nSPS) is 16.8. The van der Waals surface area contributed by atoms with E-state index >= 15 is 0 Å². The summed E-state index contributed by atoms with van der Waals surface area (Å²) in [5.74, 6) is -0.355. The molecule has 0 radical (unpaired) electrons. The Morgan fingerprint density at radius 1 is 1.35 bits per heavy atom. The number of rotatable bonds is 4. The van der Waals surface area contributed by atoms with Crippen LogP contribution in [0.2, 0.25) is 5.02 Å². The molecule has 0 atom stereocenters. The van der Waals surface area contributed by atoms with E-state index in [4.69, 9.17) is 21.1 Å². The van der Waals surface area contributed by atoms with Crippen molar-refractivity contribution in [3.63, 3.8) is 0 Å². The lowest BCUT2D eigenvalue weighted by Crippen LogP contribution is -2.12. The maximum atomic E-state index is 13.7. The molecule has 2 rings (SSSR count). The monoisotopic (exact) mass is 260 g/mol. The molecule has 1 aromatic carbocycles. The molecule has 0 unspecified atom stereocenters. The third-order valence-corrected chi connectivity index (χ3v) is 3.24. The molecule has 0 bridgehead atoms. The zero-order valence-electron chi connectivity index (χ0n) is 9.72. The Balaban J connectivity index is 2.46. The first-order chi connectivity index (χ1) is 8.00. The SMILES string of the molecule is COc1c(CC2(O)CC2)cc(Cl)c(F)c1OC. The van der Waals surface area contributed by atoms with Crippen molar-refractivity contribution in [2.24, 2.45) is 0 Å². The third kappa shape index (κ3) is 2.33. The number of hydrogen-bond donors (Lipinski definition) is 1. The van der Waals surface area contributed by atoms with Gasteiger partial charge in [-0.25, -0.2) is 4.39 Å². The number of benzene rings is 1. The van der Waals surface area contributed by atoms with Crippen molar-refractivity contribution in [2.75, 3.05) is 14.2 Å². The maximum Gasteiger partial charge on any atom is 0.198 e. The molecule has 0 aliphatic heterocycles. The molecule has 0 spiro atoms. The molecule has 1 aromatic rings. The van der Waals surface area contributed by atoms with Gasteiger partial charge in [-0.15, -0.1) is 0 Å². The molecule has 1 saturated carbocycles. The van der Waals surface area contributed by atoms with Gasteiger partial charge in [0, 0.05) is 12.0 Å². The lowest BCUT2D eigenvalue weighted by atomic mass is 10.0. The summed E-state index contributed by atoms with van der Waals surface area (Å²) in [4.78, 5) is 0. The van der Waals surface area contributed by atoms with E-state index in [1.54, 1.807) is 0 Å². The van der Waals surface area contributed by atoms with Crippen LogP contribution in [-0.2, 0) is 6.42 Å². The van der Waals surface area contributed by atoms with Gasteiger partial charge < -0.3 is 14.6 Å². The summed E-state index contributed by atoms with van der Waals surface area (Å²) in [6, 6.07) is 1.48. The van der Waals surface area contributed by atoms with Crippen LogP contribution in [0.3, 0.4) is 0 Å². The smallest absolute Gasteiger partial charge is 0.198 e. The first-order valence-corrected chi connectivity index (χ1v) is 5.70. The highest BCUT2D eigenvalue weighted by atomic mass is 35.5. The Kier molecular flexibility index (Phi) is 3.19. The second kappa shape index (κ2) is 4.35. The van der Waals surface area contributed by atoms with Gasteiger partial charge in [-0.3, -0.25) is 0 Å². The minimum Gasteiger partial charge on any atom is -0.492 e. The number of hydrogen-bond acceptors (Lipinski definition) is 3. The van der Waals surface area contributed by atoms with Gasteiger partial charge in [-0.1, -0.05) is 11.6 Å². The van der Waals surface area contributed by atoms with Crippen LogP contribution in [0.15, 0.2) is 6.07 Å². The number of ether oxygens (including phenoxy) is 2. The van der Waals surface area contributed by atoms with Crippen LogP contribution in [0, 0.1) is 5.82 Å². The van der Waals surface area contributed by atoms with E-state index in [9.17, 15) is 9.50 Å². The van der Waals surface area contributed by atoms with Gasteiger partial charge in [0.1, 0.15) is 0 Å². The summed E-state index contributed by atoms with van der Waals surface area (Å²) in [7, 11) is 2.79. The fourth-order valence-corrected chi connectivity index (χ4v) is 2.07. The minimum absolute atomic E-state index is 0.0146. The Morgan fingerprint density at radius 2 is 1.94 bits per heavy atom. The minimum atomic E-state index is -0.695. The van der Waals surface area contributed by atoms with Crippen LogP contribution in [0.5, 0.6) is 11.5 Å². The lowest BCUT2D eigenvalue weighted by molar-refractivity contribution is 0.149. The first kappa shape index (κ1) is 12.5. The van der Waals surface area contributed by atoms with Crippen molar-refractivity contribution in [3.8, 4) is 11.5 Å². The van der Waals surface area contributed by atoms with E-state index in [1.807, 2.05) is 0 Å². The van der Waals surface area contributed by atoms with Crippen molar-refractivity contribution in [3.05, 3.63) is 22.5 Å². The fourth-order valence-electron chi connectivity index (χ4n) is 1.85. The van der Waals surface area contributed by atoms with E-state index in [1.165, 1.54) is 20.3 Å². The highest BCUT2D eigenvalue weighted by molar-refractivity contribution is 6.31. The predicted molar refractivity (Wildman–Crippen MR) is 62.4 cm³/mol. The molecule has 1 aliphatic rings. The Hall–Kier alpha value is -1.00. The highest BCUT2D eigenvalue weighted by Crippen LogP contribution is 2.44. The predicted octanol–water partition coefficient (Wildman–Crippen LogP) is 2.56. The van der Waals surface area contributed by atoms with E-state index in [0.717, 1.165) is 12.8 Å². The third-order valence-electron chi connectivity index (χ3n) is 2.96. The zero-order chi connectivity index (χ0) is 12.6. The summed E-state index contributed by atoms with van der Waals surface area (Å²) in [5.41, 5.74) is -0.0323. The number of methoxy groups -OCH3 is 2. The molecule has 1 fully saturated rings. The standard InChI is InChI=1S/C12H14ClFO3/c1-16-10-7(6-12(15)3-4-12)5-8(13)9(14)11(10)17-2/h5,15H,3-4,6H2,1-2H3. The Morgan fingerprint density at radius 3 is 2.41 bits per heavy atom. The second-order valence-electron chi connectivity index (χ2n) is 4.30. The summed E-state index contributed by atoms with van der Waals surface area (Å²) >= 11 is 5.78. The first-order valence-electron chi connectivity index (χ1n) is 5.32. The number of aliphatic hydroxyl groups is 1. The molecule has 0 saturated heterocycles. The van der Waals surface area contributed by atoms with Gasteiger partial charge >= 0.3 is 0 Å². The van der Waals surface area contributed by atoms with Crippen LogP contribution in [-0.4, -0.2) is 24.9 Å². The Bertz CT molecular complexity index is 444. The van der Waals surface area contributed by atoms with Crippen LogP contribution in [0.4, 0.5) is 4.39 Å². The lowest BCUT2D eigenvalue weighted by Gasteiger charge is -2.16. The second-order valence-corrected chi connectivity index (χ2v) is 4.71. The summed E-state index contributed by atoms with van der Waals surface area (Å²) in [6.07, 6.45) is 1.88. The molecule has 94 valence electrons. The van der Waals surface area contributed by atoms with Crippen molar-refractivity contribution in [1.29, 1.82) is 0 Å². The van der Waals surface area contributed by atoms with Crippen molar-refractivity contribution in [2.45, 2.75) is 24.9 Å². The fraction of sp³-hybridized carbons (Fsp3) is 0.500. The molecule has 1 aliphatic carbocycles. The average molecular weight is 261 g/mol. The molecular formula is C12H14ClFO3. The van der Waals surface area contributed by atoms with Gasteiger partial charge in [-0.2, -0.15) is 0 Å². The van der Waals surface area contributed by atoms with Crippen molar-refractivity contribution < 1.29 is 19.0 Å². The zero-order valence-corrected chi connectivity index (χ0v) is 10.5. The van der Waals surface area contributed by atoms with Gasteiger partial charge in [0.25, 0.3) is 0 Å². The molecule has 1 N–H and O–H groups in total. The molecule has 3 nitrogen and oxygen atoms in total. The van der Waals surface area contributed by atoms with E-state index in [2.05, 4.69) is 0 Å². The van der Waals surface area contributed by atoms with Gasteiger partial charge in [-0.05, 0) is 18.9 Å². The van der Waals surface area contributed by atoms with Crippen LogP contribution in [0.1, 0.15) is 18.4 Å². The average Bonchev–Trinajstić information content (AvgIpc) is 3.00. The quantitative estimate of drug-likeness (QED) is 0.904. The van der Waals surface area contributed by atoms with Crippen LogP contribution >= 0.6 is 11.6 Å². The molecule has 5 heteroatoms. The van der Waals surface area contributed by atoms with Gasteiger partial charge in [0.2, 0.25) is 0 Å². The van der Waals surface area contributed by atoms with Crippen LogP contribution < -0.4 is 9.47 Å². The van der Waals surface area contributed by atoms with Gasteiger partial charge in [0.15, 0.2) is 17.3 Å². The summed E-state index contributed by atoms with van der Waals surface area (Å²) < 4.78 is 23.8. The molecule has 17 heavy (non-hydrogen) atoms. The molecule has 0 heterocycles. The maximum absolute atomic E-state index is 13.7. The molecule has 0 aromatic heterocycles. The van der Waals surface area contributed by atoms with Crippen molar-refractivity contribution in [1.82, 2.24) is 0 Å². The topological polar surface area (TPSA) is 38.7 Å². The highest BCUT2D eigenvalue weighted by Gasteiger charge is 2.41. The Labute approximate surface area is 104 Å². The van der Waals surface area contributed by atoms with E-state index < -0.39 is 11.4 Å². The van der Waals surface area contributed by atoms with Crippen LogP contribution in [0.25, 0.3) is 0 Å².